The normalized spacial score (nSPS) is 21.0. The lowest BCUT2D eigenvalue weighted by Gasteiger charge is -2.07. The van der Waals surface area contributed by atoms with Crippen LogP contribution in [-0.2, 0) is 4.79 Å². The van der Waals surface area contributed by atoms with Crippen molar-refractivity contribution >= 4 is 28.7 Å². The number of rotatable bonds is 0. The first-order valence-corrected chi connectivity index (χ1v) is 6.79. The summed E-state index contributed by atoms with van der Waals surface area (Å²) in [7, 11) is 1.68. The lowest BCUT2D eigenvalue weighted by atomic mass is 10.0. The molecule has 0 fully saturated rings. The van der Waals surface area contributed by atoms with Gasteiger partial charge in [-0.2, -0.15) is 0 Å². The molecule has 1 aromatic carbocycles. The van der Waals surface area contributed by atoms with Gasteiger partial charge >= 0.3 is 0 Å². The van der Waals surface area contributed by atoms with Gasteiger partial charge in [0.15, 0.2) is 0 Å². The Morgan fingerprint density at radius 1 is 1.18 bits per heavy atom. The second kappa shape index (κ2) is 4.42. The molecular formula is C16H12N4O2. The molecule has 0 spiro atoms. The molecule has 22 heavy (non-hydrogen) atoms. The van der Waals surface area contributed by atoms with Crippen molar-refractivity contribution in [3.05, 3.63) is 59.4 Å². The first-order valence-electron chi connectivity index (χ1n) is 6.79. The highest BCUT2D eigenvalue weighted by atomic mass is 16.4. The van der Waals surface area contributed by atoms with Gasteiger partial charge in [-0.05, 0) is 18.2 Å². The van der Waals surface area contributed by atoms with E-state index in [0.29, 0.717) is 22.8 Å². The van der Waals surface area contributed by atoms with E-state index in [-0.39, 0.29) is 5.91 Å². The Balaban J connectivity index is 1.99. The number of carbonyl (C=O) groups excluding carboxylic acids is 1. The molecule has 1 aromatic heterocycles. The summed E-state index contributed by atoms with van der Waals surface area (Å²) in [6, 6.07) is 11.1. The number of aromatic nitrogens is 1. The van der Waals surface area contributed by atoms with Crippen LogP contribution in [0.2, 0.25) is 0 Å². The van der Waals surface area contributed by atoms with Crippen LogP contribution < -0.4 is 10.2 Å². The predicted octanol–water partition coefficient (Wildman–Crippen LogP) is 2.07. The molecule has 0 saturated carbocycles. The average Bonchev–Trinajstić information content (AvgIpc) is 3.03. The van der Waals surface area contributed by atoms with Crippen molar-refractivity contribution in [3.63, 3.8) is 0 Å². The highest BCUT2D eigenvalue weighted by Crippen LogP contribution is 2.39. The minimum absolute atomic E-state index is 0.176. The third kappa shape index (κ3) is 1.52. The maximum atomic E-state index is 12.6. The first kappa shape index (κ1) is 12.6. The van der Waals surface area contributed by atoms with Crippen molar-refractivity contribution in [2.75, 3.05) is 17.3 Å². The lowest BCUT2D eigenvalue weighted by Crippen LogP contribution is -2.22. The molecule has 0 bridgehead atoms. The SMILES string of the molecule is CN1C(=O)/C(=C2\Nc3ccccc3\C2=N\O)c2cccnc21. The van der Waals surface area contributed by atoms with Crippen LogP contribution in [-0.4, -0.2) is 28.9 Å². The minimum Gasteiger partial charge on any atom is -0.410 e. The zero-order chi connectivity index (χ0) is 15.3. The van der Waals surface area contributed by atoms with Gasteiger partial charge in [0.05, 0.1) is 11.3 Å². The van der Waals surface area contributed by atoms with Crippen molar-refractivity contribution in [1.29, 1.82) is 0 Å². The Morgan fingerprint density at radius 2 is 1.95 bits per heavy atom. The van der Waals surface area contributed by atoms with Gasteiger partial charge in [-0.25, -0.2) is 4.98 Å². The van der Waals surface area contributed by atoms with E-state index in [1.807, 2.05) is 30.3 Å². The van der Waals surface area contributed by atoms with Crippen LogP contribution in [0.5, 0.6) is 0 Å². The summed E-state index contributed by atoms with van der Waals surface area (Å²) in [6.07, 6.45) is 1.65. The molecule has 0 unspecified atom stereocenters. The van der Waals surface area contributed by atoms with Crippen molar-refractivity contribution in [2.24, 2.45) is 5.16 Å². The van der Waals surface area contributed by atoms with E-state index >= 15 is 0 Å². The number of nitrogens with one attached hydrogen (secondary N) is 1. The molecule has 2 aliphatic heterocycles. The Labute approximate surface area is 126 Å². The van der Waals surface area contributed by atoms with Gasteiger partial charge < -0.3 is 10.5 Å². The first-order chi connectivity index (χ1) is 10.7. The van der Waals surface area contributed by atoms with E-state index in [4.69, 9.17) is 0 Å². The van der Waals surface area contributed by atoms with Crippen LogP contribution in [0, 0.1) is 0 Å². The van der Waals surface area contributed by atoms with Crippen molar-refractivity contribution in [3.8, 4) is 0 Å². The molecule has 6 nitrogen and oxygen atoms in total. The summed E-state index contributed by atoms with van der Waals surface area (Å²) in [6.45, 7) is 0. The maximum Gasteiger partial charge on any atom is 0.262 e. The zero-order valence-corrected chi connectivity index (χ0v) is 11.7. The molecule has 2 aliphatic rings. The van der Waals surface area contributed by atoms with Gasteiger partial charge in [-0.15, -0.1) is 0 Å². The molecule has 0 aliphatic carbocycles. The molecule has 0 radical (unpaired) electrons. The molecule has 4 rings (SSSR count). The Kier molecular flexibility index (Phi) is 2.53. The van der Waals surface area contributed by atoms with E-state index in [2.05, 4.69) is 15.5 Å². The maximum absolute atomic E-state index is 12.6. The fourth-order valence-corrected chi connectivity index (χ4v) is 2.89. The summed E-state index contributed by atoms with van der Waals surface area (Å²) in [4.78, 5) is 18.4. The highest BCUT2D eigenvalue weighted by molar-refractivity contribution is 6.39. The van der Waals surface area contributed by atoms with Crippen LogP contribution in [0.3, 0.4) is 0 Å². The number of likely N-dealkylation sites (N-methyl/N-ethyl adjacent to an activating group) is 1. The van der Waals surface area contributed by atoms with Crippen LogP contribution >= 0.6 is 0 Å². The van der Waals surface area contributed by atoms with E-state index in [1.165, 1.54) is 4.90 Å². The van der Waals surface area contributed by atoms with Crippen LogP contribution in [0.1, 0.15) is 11.1 Å². The molecule has 6 heteroatoms. The summed E-state index contributed by atoms with van der Waals surface area (Å²) < 4.78 is 0. The molecule has 0 atom stereocenters. The number of nitrogens with zero attached hydrogens (tertiary/aromatic N) is 3. The number of oxime groups is 1. The molecular weight excluding hydrogens is 280 g/mol. The van der Waals surface area contributed by atoms with Gasteiger partial charge in [0, 0.05) is 30.1 Å². The number of para-hydroxylation sites is 1. The quantitative estimate of drug-likeness (QED) is 0.443. The number of amides is 1. The minimum atomic E-state index is -0.176. The number of fused-ring (bicyclic) bond motifs is 2. The van der Waals surface area contributed by atoms with Gasteiger partial charge in [-0.3, -0.25) is 9.69 Å². The standard InChI is InChI=1S/C16H12N4O2/c1-20-15-10(6-4-8-17-15)12(16(20)21)14-13(19-22)9-5-2-3-7-11(9)18-14/h2-8,18,22H,1H3/b14-12-,19-13-. The monoisotopic (exact) mass is 292 g/mol. The number of pyridine rings is 1. The number of hydrogen-bond donors (Lipinski definition) is 2. The third-order valence-electron chi connectivity index (χ3n) is 3.92. The van der Waals surface area contributed by atoms with Crippen molar-refractivity contribution in [2.45, 2.75) is 0 Å². The second-order valence-electron chi connectivity index (χ2n) is 5.11. The average molecular weight is 292 g/mol. The molecule has 1 amide bonds. The summed E-state index contributed by atoms with van der Waals surface area (Å²) in [5.74, 6) is 0.426. The Morgan fingerprint density at radius 3 is 2.77 bits per heavy atom. The molecule has 3 heterocycles. The topological polar surface area (TPSA) is 77.8 Å². The fourth-order valence-electron chi connectivity index (χ4n) is 2.89. The van der Waals surface area contributed by atoms with E-state index < -0.39 is 0 Å². The van der Waals surface area contributed by atoms with E-state index in [0.717, 1.165) is 16.8 Å². The fraction of sp³-hybridized carbons (Fsp3) is 0.0625. The Bertz CT molecular complexity index is 870. The predicted molar refractivity (Wildman–Crippen MR) is 83.0 cm³/mol. The largest absolute Gasteiger partial charge is 0.410 e. The third-order valence-corrected chi connectivity index (χ3v) is 3.92. The number of allylic oxidation sites excluding steroid dienone is 1. The molecule has 2 aromatic rings. The Hall–Kier alpha value is -3.15. The van der Waals surface area contributed by atoms with Crippen LogP contribution in [0.4, 0.5) is 11.5 Å². The summed E-state index contributed by atoms with van der Waals surface area (Å²) in [5.41, 5.74) is 3.64. The van der Waals surface area contributed by atoms with Crippen LogP contribution in [0.25, 0.3) is 5.57 Å². The van der Waals surface area contributed by atoms with Gasteiger partial charge in [-0.1, -0.05) is 23.4 Å². The number of benzene rings is 1. The van der Waals surface area contributed by atoms with E-state index in [1.54, 1.807) is 19.3 Å². The molecule has 2 N–H and O–H groups in total. The lowest BCUT2D eigenvalue weighted by molar-refractivity contribution is -0.112. The zero-order valence-electron chi connectivity index (χ0n) is 11.7. The highest BCUT2D eigenvalue weighted by Gasteiger charge is 2.37. The smallest absolute Gasteiger partial charge is 0.262 e. The van der Waals surface area contributed by atoms with Gasteiger partial charge in [0.1, 0.15) is 11.5 Å². The summed E-state index contributed by atoms with van der Waals surface area (Å²) in [5, 5.41) is 16.0. The number of carbonyl (C=O) groups is 1. The molecule has 0 saturated heterocycles. The molecule has 108 valence electrons. The summed E-state index contributed by atoms with van der Waals surface area (Å²) >= 11 is 0. The van der Waals surface area contributed by atoms with Crippen molar-refractivity contribution in [1.82, 2.24) is 4.98 Å². The van der Waals surface area contributed by atoms with Crippen molar-refractivity contribution < 1.29 is 10.0 Å². The second-order valence-corrected chi connectivity index (χ2v) is 5.11. The number of anilines is 2. The van der Waals surface area contributed by atoms with Gasteiger partial charge in [0.2, 0.25) is 0 Å². The number of hydrogen-bond acceptors (Lipinski definition) is 5. The van der Waals surface area contributed by atoms with Crippen LogP contribution in [0.15, 0.2) is 53.4 Å². The van der Waals surface area contributed by atoms with Gasteiger partial charge in [0.25, 0.3) is 5.91 Å². The van der Waals surface area contributed by atoms with E-state index in [9.17, 15) is 10.0 Å².